The topological polar surface area (TPSA) is 64.3 Å². The highest BCUT2D eigenvalue weighted by Crippen LogP contribution is 2.39. The van der Waals surface area contributed by atoms with Crippen LogP contribution in [0.4, 0.5) is 4.39 Å². The minimum atomic E-state index is -0.591. The van der Waals surface area contributed by atoms with Gasteiger partial charge in [-0.05, 0) is 37.8 Å². The van der Waals surface area contributed by atoms with Gasteiger partial charge in [0.15, 0.2) is 0 Å². The molecule has 1 saturated carbocycles. The maximum atomic E-state index is 13.8. The standard InChI is InChI=1S/C14H19FN2O2/c1-14(8-16,9-3-4-9)17-13(18)11-6-5-10(19-2)7-12(11)15/h5-7,9H,3-4,8,16H2,1-2H3,(H,17,18). The van der Waals surface area contributed by atoms with E-state index in [1.54, 1.807) is 6.07 Å². The van der Waals surface area contributed by atoms with Crippen molar-refractivity contribution in [3.8, 4) is 5.75 Å². The van der Waals surface area contributed by atoms with Crippen LogP contribution in [0.3, 0.4) is 0 Å². The second-order valence-corrected chi connectivity index (χ2v) is 5.20. The summed E-state index contributed by atoms with van der Waals surface area (Å²) in [7, 11) is 1.45. The van der Waals surface area contributed by atoms with E-state index in [1.165, 1.54) is 19.2 Å². The summed E-state index contributed by atoms with van der Waals surface area (Å²) in [5.41, 5.74) is 5.29. The SMILES string of the molecule is COc1ccc(C(=O)NC(C)(CN)C2CC2)c(F)c1. The molecule has 0 spiro atoms. The summed E-state index contributed by atoms with van der Waals surface area (Å²) in [5.74, 6) is -0.243. The fraction of sp³-hybridized carbons (Fsp3) is 0.500. The van der Waals surface area contributed by atoms with Gasteiger partial charge in [-0.2, -0.15) is 0 Å². The lowest BCUT2D eigenvalue weighted by atomic mass is 9.95. The maximum absolute atomic E-state index is 13.8. The van der Waals surface area contributed by atoms with Gasteiger partial charge in [-0.3, -0.25) is 4.79 Å². The molecule has 1 aromatic rings. The van der Waals surface area contributed by atoms with E-state index in [-0.39, 0.29) is 5.56 Å². The van der Waals surface area contributed by atoms with Crippen molar-refractivity contribution in [2.24, 2.45) is 11.7 Å². The predicted molar refractivity (Wildman–Crippen MR) is 70.6 cm³/mol. The zero-order valence-electron chi connectivity index (χ0n) is 11.2. The first-order chi connectivity index (χ1) is 9.00. The summed E-state index contributed by atoms with van der Waals surface area (Å²) < 4.78 is 18.7. The van der Waals surface area contributed by atoms with Crippen LogP contribution in [0, 0.1) is 11.7 Å². The van der Waals surface area contributed by atoms with Crippen molar-refractivity contribution in [2.75, 3.05) is 13.7 Å². The first-order valence-electron chi connectivity index (χ1n) is 6.36. The molecule has 104 valence electrons. The second kappa shape index (κ2) is 5.17. The van der Waals surface area contributed by atoms with Gasteiger partial charge in [-0.1, -0.05) is 0 Å². The lowest BCUT2D eigenvalue weighted by Gasteiger charge is -2.29. The summed E-state index contributed by atoms with van der Waals surface area (Å²) in [5, 5.41) is 2.85. The van der Waals surface area contributed by atoms with Crippen LogP contribution >= 0.6 is 0 Å². The largest absolute Gasteiger partial charge is 0.497 e. The number of ether oxygens (including phenoxy) is 1. The van der Waals surface area contributed by atoms with Crippen molar-refractivity contribution in [1.29, 1.82) is 0 Å². The highest BCUT2D eigenvalue weighted by molar-refractivity contribution is 5.95. The molecule has 1 aliphatic carbocycles. The molecule has 1 fully saturated rings. The van der Waals surface area contributed by atoms with Crippen molar-refractivity contribution < 1.29 is 13.9 Å². The zero-order valence-corrected chi connectivity index (χ0v) is 11.2. The fourth-order valence-electron chi connectivity index (χ4n) is 2.17. The van der Waals surface area contributed by atoms with Crippen molar-refractivity contribution in [3.63, 3.8) is 0 Å². The molecule has 0 saturated heterocycles. The highest BCUT2D eigenvalue weighted by Gasteiger charge is 2.41. The number of halogens is 1. The average Bonchev–Trinajstić information content (AvgIpc) is 3.22. The third-order valence-electron chi connectivity index (χ3n) is 3.72. The minimum absolute atomic E-state index is 0.0149. The van der Waals surface area contributed by atoms with Gasteiger partial charge in [0.2, 0.25) is 0 Å². The molecule has 0 aliphatic heterocycles. The van der Waals surface area contributed by atoms with Crippen molar-refractivity contribution in [1.82, 2.24) is 5.32 Å². The molecule has 5 heteroatoms. The van der Waals surface area contributed by atoms with Crippen LogP contribution in [-0.2, 0) is 0 Å². The molecule has 1 atom stereocenters. The highest BCUT2D eigenvalue weighted by atomic mass is 19.1. The monoisotopic (exact) mass is 266 g/mol. The number of amides is 1. The van der Waals surface area contributed by atoms with Gasteiger partial charge in [-0.15, -0.1) is 0 Å². The van der Waals surface area contributed by atoms with Crippen molar-refractivity contribution in [3.05, 3.63) is 29.6 Å². The number of carbonyl (C=O) groups is 1. The molecule has 1 unspecified atom stereocenters. The molecular formula is C14H19FN2O2. The molecule has 0 heterocycles. The van der Waals surface area contributed by atoms with E-state index in [9.17, 15) is 9.18 Å². The Labute approximate surface area is 112 Å². The van der Waals surface area contributed by atoms with E-state index in [4.69, 9.17) is 10.5 Å². The molecule has 0 radical (unpaired) electrons. The summed E-state index contributed by atoms with van der Waals surface area (Å²) in [6.45, 7) is 2.26. The second-order valence-electron chi connectivity index (χ2n) is 5.20. The summed E-state index contributed by atoms with van der Waals surface area (Å²) in [4.78, 5) is 12.1. The smallest absolute Gasteiger partial charge is 0.254 e. The first-order valence-corrected chi connectivity index (χ1v) is 6.36. The Bertz CT molecular complexity index is 488. The van der Waals surface area contributed by atoms with Crippen LogP contribution in [-0.4, -0.2) is 25.1 Å². The summed E-state index contributed by atoms with van der Waals surface area (Å²) in [6, 6.07) is 4.19. The lowest BCUT2D eigenvalue weighted by Crippen LogP contribution is -2.53. The molecular weight excluding hydrogens is 247 g/mol. The van der Waals surface area contributed by atoms with Gasteiger partial charge >= 0.3 is 0 Å². The number of benzene rings is 1. The van der Waals surface area contributed by atoms with Crippen molar-refractivity contribution >= 4 is 5.91 Å². The molecule has 3 N–H and O–H groups in total. The predicted octanol–water partition coefficient (Wildman–Crippen LogP) is 1.69. The molecule has 0 aromatic heterocycles. The van der Waals surface area contributed by atoms with Gasteiger partial charge in [0.25, 0.3) is 5.91 Å². The number of hydrogen-bond acceptors (Lipinski definition) is 3. The number of nitrogens with two attached hydrogens (primary N) is 1. The number of methoxy groups -OCH3 is 1. The van der Waals surface area contributed by atoms with E-state index in [2.05, 4.69) is 5.32 Å². The molecule has 2 rings (SSSR count). The Hall–Kier alpha value is -1.62. The Morgan fingerprint density at radius 1 is 1.58 bits per heavy atom. The van der Waals surface area contributed by atoms with Crippen molar-refractivity contribution in [2.45, 2.75) is 25.3 Å². The van der Waals surface area contributed by atoms with Gasteiger partial charge in [0, 0.05) is 12.6 Å². The summed E-state index contributed by atoms with van der Waals surface area (Å²) in [6.07, 6.45) is 2.11. The third kappa shape index (κ3) is 2.87. The van der Waals surface area contributed by atoms with E-state index < -0.39 is 17.3 Å². The lowest BCUT2D eigenvalue weighted by molar-refractivity contribution is 0.0893. The molecule has 1 aliphatic rings. The van der Waals surface area contributed by atoms with Crippen LogP contribution in [0.15, 0.2) is 18.2 Å². The van der Waals surface area contributed by atoms with Gasteiger partial charge in [0.1, 0.15) is 11.6 Å². The minimum Gasteiger partial charge on any atom is -0.497 e. The normalized spacial score (nSPS) is 17.7. The third-order valence-corrected chi connectivity index (χ3v) is 3.72. The summed E-state index contributed by atoms with van der Waals surface area (Å²) >= 11 is 0. The Morgan fingerprint density at radius 2 is 2.26 bits per heavy atom. The van der Waals surface area contributed by atoms with E-state index in [0.29, 0.717) is 18.2 Å². The van der Waals surface area contributed by atoms with E-state index >= 15 is 0 Å². The number of hydrogen-bond donors (Lipinski definition) is 2. The number of rotatable bonds is 5. The fourth-order valence-corrected chi connectivity index (χ4v) is 2.17. The molecule has 4 nitrogen and oxygen atoms in total. The number of carbonyl (C=O) groups excluding carboxylic acids is 1. The molecule has 1 aromatic carbocycles. The van der Waals surface area contributed by atoms with E-state index in [0.717, 1.165) is 12.8 Å². The zero-order chi connectivity index (χ0) is 14.0. The quantitative estimate of drug-likeness (QED) is 0.852. The molecule has 0 bridgehead atoms. The van der Waals surface area contributed by atoms with E-state index in [1.807, 2.05) is 6.92 Å². The van der Waals surface area contributed by atoms with Gasteiger partial charge < -0.3 is 15.8 Å². The van der Waals surface area contributed by atoms with Crippen LogP contribution in [0.1, 0.15) is 30.1 Å². The van der Waals surface area contributed by atoms with Crippen LogP contribution < -0.4 is 15.8 Å². The Balaban J connectivity index is 2.15. The van der Waals surface area contributed by atoms with Crippen LogP contribution in [0.2, 0.25) is 0 Å². The molecule has 19 heavy (non-hydrogen) atoms. The first kappa shape index (κ1) is 13.8. The maximum Gasteiger partial charge on any atom is 0.254 e. The van der Waals surface area contributed by atoms with Crippen LogP contribution in [0.25, 0.3) is 0 Å². The van der Waals surface area contributed by atoms with Crippen LogP contribution in [0.5, 0.6) is 5.75 Å². The van der Waals surface area contributed by atoms with Gasteiger partial charge in [-0.25, -0.2) is 4.39 Å². The Morgan fingerprint density at radius 3 is 2.74 bits per heavy atom. The Kier molecular flexibility index (Phi) is 3.75. The average molecular weight is 266 g/mol. The van der Waals surface area contributed by atoms with Gasteiger partial charge in [0.05, 0.1) is 18.2 Å². The number of nitrogens with one attached hydrogen (secondary N) is 1. The molecule has 1 amide bonds.